The fourth-order valence-electron chi connectivity index (χ4n) is 2.01. The van der Waals surface area contributed by atoms with Crippen LogP contribution >= 0.6 is 0 Å². The van der Waals surface area contributed by atoms with E-state index in [2.05, 4.69) is 29.3 Å². The zero-order chi connectivity index (χ0) is 10.7. The summed E-state index contributed by atoms with van der Waals surface area (Å²) in [4.78, 5) is 2.36. The molecule has 0 aromatic heterocycles. The highest BCUT2D eigenvalue weighted by Gasteiger charge is 2.23. The molecule has 0 saturated heterocycles. The average molecular weight is 206 g/mol. The summed E-state index contributed by atoms with van der Waals surface area (Å²) in [6.07, 6.45) is 0.254. The number of hydrogen-bond acceptors (Lipinski definition) is 3. The first-order chi connectivity index (χ1) is 7.35. The summed E-state index contributed by atoms with van der Waals surface area (Å²) in [6.45, 7) is 5.07. The van der Waals surface area contributed by atoms with E-state index in [-0.39, 0.29) is 6.10 Å². The van der Waals surface area contributed by atoms with Crippen LogP contribution in [0.2, 0.25) is 0 Å². The number of ether oxygens (including phenoxy) is 1. The van der Waals surface area contributed by atoms with Crippen molar-refractivity contribution in [3.05, 3.63) is 24.3 Å². The minimum Gasteiger partial charge on any atom is -0.485 e. The fraction of sp³-hybridized carbons (Fsp3) is 0.500. The van der Waals surface area contributed by atoms with Crippen LogP contribution in [0.5, 0.6) is 5.75 Å². The predicted molar refractivity (Wildman–Crippen MR) is 62.7 cm³/mol. The molecule has 1 heterocycles. The van der Waals surface area contributed by atoms with Crippen molar-refractivity contribution in [2.45, 2.75) is 13.0 Å². The first kappa shape index (κ1) is 10.3. The topological polar surface area (TPSA) is 24.5 Å². The van der Waals surface area contributed by atoms with Gasteiger partial charge in [0.2, 0.25) is 0 Å². The lowest BCUT2D eigenvalue weighted by atomic mass is 10.2. The van der Waals surface area contributed by atoms with Crippen LogP contribution in [-0.4, -0.2) is 32.8 Å². The number of fused-ring (bicyclic) bond motifs is 1. The smallest absolute Gasteiger partial charge is 0.143 e. The van der Waals surface area contributed by atoms with Gasteiger partial charge < -0.3 is 15.0 Å². The number of rotatable bonds is 3. The van der Waals surface area contributed by atoms with Gasteiger partial charge in [0, 0.05) is 13.1 Å². The second-order valence-electron chi connectivity index (χ2n) is 3.80. The standard InChI is InChI=1S/C12H18N2O/c1-3-14-9-10(8-13-2)15-12-7-5-4-6-11(12)14/h4-7,10,13H,3,8-9H2,1-2H3. The molecule has 3 nitrogen and oxygen atoms in total. The lowest BCUT2D eigenvalue weighted by molar-refractivity contribution is 0.193. The quantitative estimate of drug-likeness (QED) is 0.811. The molecule has 3 heteroatoms. The zero-order valence-corrected chi connectivity index (χ0v) is 9.36. The molecular weight excluding hydrogens is 188 g/mol. The van der Waals surface area contributed by atoms with Crippen molar-refractivity contribution < 1.29 is 4.74 Å². The maximum absolute atomic E-state index is 5.90. The van der Waals surface area contributed by atoms with Crippen molar-refractivity contribution in [1.82, 2.24) is 5.32 Å². The van der Waals surface area contributed by atoms with Crippen molar-refractivity contribution in [3.63, 3.8) is 0 Å². The molecule has 0 amide bonds. The highest BCUT2D eigenvalue weighted by molar-refractivity contribution is 5.59. The van der Waals surface area contributed by atoms with Gasteiger partial charge in [-0.05, 0) is 26.1 Å². The summed E-state index contributed by atoms with van der Waals surface area (Å²) in [7, 11) is 1.96. The Kier molecular flexibility index (Phi) is 3.11. The second-order valence-corrected chi connectivity index (χ2v) is 3.80. The van der Waals surface area contributed by atoms with Crippen LogP contribution in [0, 0.1) is 0 Å². The molecule has 0 radical (unpaired) electrons. The third-order valence-corrected chi connectivity index (χ3v) is 2.74. The fourth-order valence-corrected chi connectivity index (χ4v) is 2.01. The van der Waals surface area contributed by atoms with E-state index >= 15 is 0 Å². The predicted octanol–water partition coefficient (Wildman–Crippen LogP) is 1.49. The van der Waals surface area contributed by atoms with Gasteiger partial charge in [0.15, 0.2) is 0 Å². The molecule has 2 rings (SSSR count). The SMILES string of the molecule is CCN1CC(CNC)Oc2ccccc21. The van der Waals surface area contributed by atoms with Gasteiger partial charge in [-0.3, -0.25) is 0 Å². The Labute approximate surface area is 91.0 Å². The van der Waals surface area contributed by atoms with E-state index in [4.69, 9.17) is 4.74 Å². The van der Waals surface area contributed by atoms with Crippen LogP contribution in [0.25, 0.3) is 0 Å². The summed E-state index contributed by atoms with van der Waals surface area (Å²) in [5, 5.41) is 3.16. The van der Waals surface area contributed by atoms with Gasteiger partial charge in [-0.25, -0.2) is 0 Å². The van der Waals surface area contributed by atoms with Gasteiger partial charge in [-0.15, -0.1) is 0 Å². The average Bonchev–Trinajstić information content (AvgIpc) is 2.28. The summed E-state index contributed by atoms with van der Waals surface area (Å²) in [5.74, 6) is 1.01. The Balaban J connectivity index is 2.22. The lowest BCUT2D eigenvalue weighted by Crippen LogP contribution is -2.44. The van der Waals surface area contributed by atoms with Crippen molar-refractivity contribution in [1.29, 1.82) is 0 Å². The molecule has 1 atom stereocenters. The van der Waals surface area contributed by atoms with Crippen LogP contribution < -0.4 is 15.0 Å². The highest BCUT2D eigenvalue weighted by atomic mass is 16.5. The summed E-state index contributed by atoms with van der Waals surface area (Å²) < 4.78 is 5.90. The van der Waals surface area contributed by atoms with E-state index in [0.29, 0.717) is 0 Å². The molecular formula is C12H18N2O. The Bertz CT molecular complexity index is 327. The Morgan fingerprint density at radius 3 is 3.00 bits per heavy atom. The zero-order valence-electron chi connectivity index (χ0n) is 9.36. The number of nitrogens with zero attached hydrogens (tertiary/aromatic N) is 1. The van der Waals surface area contributed by atoms with Crippen LogP contribution in [0.15, 0.2) is 24.3 Å². The van der Waals surface area contributed by atoms with Crippen LogP contribution in [0.4, 0.5) is 5.69 Å². The van der Waals surface area contributed by atoms with E-state index in [9.17, 15) is 0 Å². The highest BCUT2D eigenvalue weighted by Crippen LogP contribution is 2.32. The number of anilines is 1. The Morgan fingerprint density at radius 1 is 1.47 bits per heavy atom. The number of hydrogen-bond donors (Lipinski definition) is 1. The van der Waals surface area contributed by atoms with Crippen molar-refractivity contribution >= 4 is 5.69 Å². The van der Waals surface area contributed by atoms with Gasteiger partial charge in [0.25, 0.3) is 0 Å². The molecule has 1 aliphatic rings. The molecule has 15 heavy (non-hydrogen) atoms. The van der Waals surface area contributed by atoms with Crippen LogP contribution in [0.3, 0.4) is 0 Å². The van der Waals surface area contributed by atoms with Crippen molar-refractivity contribution in [2.75, 3.05) is 31.6 Å². The molecule has 1 aliphatic heterocycles. The summed E-state index contributed by atoms with van der Waals surface area (Å²) in [5.41, 5.74) is 1.22. The van der Waals surface area contributed by atoms with E-state index in [0.717, 1.165) is 25.4 Å². The third kappa shape index (κ3) is 2.07. The van der Waals surface area contributed by atoms with Crippen LogP contribution in [0.1, 0.15) is 6.92 Å². The van der Waals surface area contributed by atoms with Gasteiger partial charge in [0.1, 0.15) is 11.9 Å². The van der Waals surface area contributed by atoms with Crippen molar-refractivity contribution in [2.24, 2.45) is 0 Å². The molecule has 1 aromatic carbocycles. The molecule has 82 valence electrons. The monoisotopic (exact) mass is 206 g/mol. The van der Waals surface area contributed by atoms with Crippen LogP contribution in [-0.2, 0) is 0 Å². The molecule has 0 bridgehead atoms. The first-order valence-electron chi connectivity index (χ1n) is 5.50. The van der Waals surface area contributed by atoms with Gasteiger partial charge in [-0.2, -0.15) is 0 Å². The molecule has 1 unspecified atom stereocenters. The normalized spacial score (nSPS) is 19.6. The third-order valence-electron chi connectivity index (χ3n) is 2.74. The largest absolute Gasteiger partial charge is 0.485 e. The Hall–Kier alpha value is -1.22. The maximum atomic E-state index is 5.90. The van der Waals surface area contributed by atoms with E-state index in [1.165, 1.54) is 5.69 Å². The van der Waals surface area contributed by atoms with E-state index in [1.54, 1.807) is 0 Å². The van der Waals surface area contributed by atoms with E-state index < -0.39 is 0 Å². The molecule has 0 saturated carbocycles. The maximum Gasteiger partial charge on any atom is 0.143 e. The van der Waals surface area contributed by atoms with Gasteiger partial charge in [0.05, 0.1) is 12.2 Å². The molecule has 0 fully saturated rings. The summed E-state index contributed by atoms with van der Waals surface area (Å²) >= 11 is 0. The number of likely N-dealkylation sites (N-methyl/N-ethyl adjacent to an activating group) is 2. The molecule has 0 spiro atoms. The molecule has 0 aliphatic carbocycles. The lowest BCUT2D eigenvalue weighted by Gasteiger charge is -2.35. The molecule has 1 aromatic rings. The number of para-hydroxylation sites is 2. The molecule has 1 N–H and O–H groups in total. The minimum absolute atomic E-state index is 0.254. The van der Waals surface area contributed by atoms with E-state index in [1.807, 2.05) is 19.2 Å². The summed E-state index contributed by atoms with van der Waals surface area (Å²) in [6, 6.07) is 8.24. The first-order valence-corrected chi connectivity index (χ1v) is 5.50. The second kappa shape index (κ2) is 4.53. The number of nitrogens with one attached hydrogen (secondary N) is 1. The van der Waals surface area contributed by atoms with Crippen molar-refractivity contribution in [3.8, 4) is 5.75 Å². The minimum atomic E-state index is 0.254. The van der Waals surface area contributed by atoms with Gasteiger partial charge in [-0.1, -0.05) is 12.1 Å². The van der Waals surface area contributed by atoms with Gasteiger partial charge >= 0.3 is 0 Å². The number of benzene rings is 1. The Morgan fingerprint density at radius 2 is 2.27 bits per heavy atom.